The minimum Gasteiger partial charge on any atom is -0.455 e. The van der Waals surface area contributed by atoms with Crippen molar-refractivity contribution in [3.8, 4) is 11.5 Å². The van der Waals surface area contributed by atoms with E-state index in [0.29, 0.717) is 0 Å². The maximum absolute atomic E-state index is 12.7. The summed E-state index contributed by atoms with van der Waals surface area (Å²) < 4.78 is 43.4. The Labute approximate surface area is 124 Å². The number of carbonyl (C=O) groups excluding carboxylic acids is 1. The highest BCUT2D eigenvalue weighted by Gasteiger charge is 2.30. The first-order chi connectivity index (χ1) is 10.4. The number of nitrogens with zero attached hydrogens (tertiary/aromatic N) is 1. The van der Waals surface area contributed by atoms with Crippen LogP contribution in [-0.4, -0.2) is 10.9 Å². The Morgan fingerprint density at radius 3 is 2.77 bits per heavy atom. The van der Waals surface area contributed by atoms with Crippen LogP contribution in [0, 0.1) is 0 Å². The Morgan fingerprint density at radius 1 is 1.32 bits per heavy atom. The number of aromatic nitrogens is 1. The van der Waals surface area contributed by atoms with Gasteiger partial charge in [-0.15, -0.1) is 0 Å². The van der Waals surface area contributed by atoms with Gasteiger partial charge in [0, 0.05) is 12.3 Å². The van der Waals surface area contributed by atoms with E-state index in [1.165, 1.54) is 30.6 Å². The fraction of sp³-hybridized carbons (Fsp3) is 0.0667. The fourth-order valence-corrected chi connectivity index (χ4v) is 1.61. The SMILES string of the molecule is C=CC(=O)Nc1cnccc1Oc1cccc(C(F)(F)F)c1. The van der Waals surface area contributed by atoms with Crippen LogP contribution < -0.4 is 10.1 Å². The van der Waals surface area contributed by atoms with Crippen molar-refractivity contribution >= 4 is 11.6 Å². The minimum atomic E-state index is -4.46. The third-order valence-electron chi connectivity index (χ3n) is 2.61. The van der Waals surface area contributed by atoms with Gasteiger partial charge in [-0.2, -0.15) is 13.2 Å². The first-order valence-electron chi connectivity index (χ1n) is 6.12. The first kappa shape index (κ1) is 15.6. The summed E-state index contributed by atoms with van der Waals surface area (Å²) in [6.07, 6.45) is -0.685. The van der Waals surface area contributed by atoms with Gasteiger partial charge in [-0.3, -0.25) is 9.78 Å². The molecular formula is C15H11F3N2O2. The van der Waals surface area contributed by atoms with E-state index in [0.717, 1.165) is 18.2 Å². The van der Waals surface area contributed by atoms with Crippen molar-refractivity contribution < 1.29 is 22.7 Å². The van der Waals surface area contributed by atoms with Crippen molar-refractivity contribution in [1.82, 2.24) is 4.98 Å². The number of amides is 1. The Bertz CT molecular complexity index is 699. The molecule has 1 aromatic carbocycles. The molecule has 0 saturated carbocycles. The zero-order valence-electron chi connectivity index (χ0n) is 11.2. The highest BCUT2D eigenvalue weighted by molar-refractivity contribution is 5.99. The maximum Gasteiger partial charge on any atom is 0.416 e. The molecule has 4 nitrogen and oxygen atoms in total. The molecule has 2 rings (SSSR count). The lowest BCUT2D eigenvalue weighted by Gasteiger charge is -2.12. The molecule has 0 radical (unpaired) electrons. The maximum atomic E-state index is 12.7. The van der Waals surface area contributed by atoms with Crippen LogP contribution >= 0.6 is 0 Å². The van der Waals surface area contributed by atoms with Crippen LogP contribution in [0.3, 0.4) is 0 Å². The minimum absolute atomic E-state index is 0.00451. The Morgan fingerprint density at radius 2 is 2.09 bits per heavy atom. The summed E-state index contributed by atoms with van der Waals surface area (Å²) in [5.41, 5.74) is -0.597. The molecule has 0 aliphatic heterocycles. The number of pyridine rings is 1. The van der Waals surface area contributed by atoms with Gasteiger partial charge in [-0.1, -0.05) is 12.6 Å². The summed E-state index contributed by atoms with van der Waals surface area (Å²) in [6, 6.07) is 5.87. The van der Waals surface area contributed by atoms with Crippen LogP contribution in [0.2, 0.25) is 0 Å². The van der Waals surface area contributed by atoms with Crippen molar-refractivity contribution in [1.29, 1.82) is 0 Å². The van der Waals surface area contributed by atoms with Crippen LogP contribution in [0.4, 0.5) is 18.9 Å². The molecule has 22 heavy (non-hydrogen) atoms. The molecular weight excluding hydrogens is 297 g/mol. The van der Waals surface area contributed by atoms with Crippen LogP contribution in [0.5, 0.6) is 11.5 Å². The summed E-state index contributed by atoms with van der Waals surface area (Å²) >= 11 is 0. The quantitative estimate of drug-likeness (QED) is 0.868. The molecule has 1 N–H and O–H groups in total. The number of hydrogen-bond donors (Lipinski definition) is 1. The van der Waals surface area contributed by atoms with Crippen molar-refractivity contribution in [3.63, 3.8) is 0 Å². The van der Waals surface area contributed by atoms with Crippen molar-refractivity contribution in [2.24, 2.45) is 0 Å². The Hall–Kier alpha value is -2.83. The fourth-order valence-electron chi connectivity index (χ4n) is 1.61. The molecule has 0 aliphatic rings. The summed E-state index contributed by atoms with van der Waals surface area (Å²) in [4.78, 5) is 15.1. The molecule has 2 aromatic rings. The van der Waals surface area contributed by atoms with Crippen LogP contribution in [-0.2, 0) is 11.0 Å². The third kappa shape index (κ3) is 3.85. The number of halogens is 3. The van der Waals surface area contributed by atoms with Crippen LogP contribution in [0.1, 0.15) is 5.56 Å². The van der Waals surface area contributed by atoms with Crippen molar-refractivity contribution in [2.75, 3.05) is 5.32 Å². The highest BCUT2D eigenvalue weighted by atomic mass is 19.4. The van der Waals surface area contributed by atoms with E-state index >= 15 is 0 Å². The standard InChI is InChI=1S/C15H11F3N2O2/c1-2-14(21)20-12-9-19-7-6-13(12)22-11-5-3-4-10(8-11)15(16,17)18/h2-9H,1H2,(H,20,21). The van der Waals surface area contributed by atoms with Gasteiger partial charge in [-0.05, 0) is 24.3 Å². The van der Waals surface area contributed by atoms with Gasteiger partial charge in [0.15, 0.2) is 5.75 Å². The van der Waals surface area contributed by atoms with E-state index < -0.39 is 17.6 Å². The molecule has 0 bridgehead atoms. The average molecular weight is 308 g/mol. The van der Waals surface area contributed by atoms with E-state index in [1.807, 2.05) is 0 Å². The second-order valence-electron chi connectivity index (χ2n) is 4.19. The molecule has 1 aromatic heterocycles. The highest BCUT2D eigenvalue weighted by Crippen LogP contribution is 2.34. The number of hydrogen-bond acceptors (Lipinski definition) is 3. The zero-order valence-corrected chi connectivity index (χ0v) is 11.2. The van der Waals surface area contributed by atoms with E-state index in [-0.39, 0.29) is 17.2 Å². The molecule has 1 amide bonds. The molecule has 1 heterocycles. The van der Waals surface area contributed by atoms with Gasteiger partial charge < -0.3 is 10.1 Å². The second-order valence-corrected chi connectivity index (χ2v) is 4.19. The van der Waals surface area contributed by atoms with Gasteiger partial charge in [0.05, 0.1) is 11.8 Å². The van der Waals surface area contributed by atoms with Crippen molar-refractivity contribution in [2.45, 2.75) is 6.18 Å². The average Bonchev–Trinajstić information content (AvgIpc) is 2.48. The van der Waals surface area contributed by atoms with Crippen LogP contribution in [0.25, 0.3) is 0 Å². The zero-order chi connectivity index (χ0) is 16.2. The van der Waals surface area contributed by atoms with Gasteiger partial charge >= 0.3 is 6.18 Å². The Kier molecular flexibility index (Phi) is 4.45. The number of benzene rings is 1. The molecule has 0 fully saturated rings. The van der Waals surface area contributed by atoms with Gasteiger partial charge in [-0.25, -0.2) is 0 Å². The third-order valence-corrected chi connectivity index (χ3v) is 2.61. The first-order valence-corrected chi connectivity index (χ1v) is 6.12. The smallest absolute Gasteiger partial charge is 0.416 e. The molecule has 0 aliphatic carbocycles. The number of alkyl halides is 3. The lowest BCUT2D eigenvalue weighted by atomic mass is 10.2. The lowest BCUT2D eigenvalue weighted by Crippen LogP contribution is -2.08. The number of anilines is 1. The number of rotatable bonds is 4. The van der Waals surface area contributed by atoms with E-state index in [2.05, 4.69) is 16.9 Å². The largest absolute Gasteiger partial charge is 0.455 e. The second kappa shape index (κ2) is 6.30. The van der Waals surface area contributed by atoms with E-state index in [1.54, 1.807) is 0 Å². The van der Waals surface area contributed by atoms with Crippen LogP contribution in [0.15, 0.2) is 55.4 Å². The van der Waals surface area contributed by atoms with Crippen molar-refractivity contribution in [3.05, 3.63) is 60.9 Å². The Balaban J connectivity index is 2.28. The number of carbonyl (C=O) groups is 1. The molecule has 0 atom stereocenters. The number of ether oxygens (including phenoxy) is 1. The monoisotopic (exact) mass is 308 g/mol. The predicted octanol–water partition coefficient (Wildman–Crippen LogP) is 4.02. The predicted molar refractivity (Wildman–Crippen MR) is 74.6 cm³/mol. The lowest BCUT2D eigenvalue weighted by molar-refractivity contribution is -0.137. The summed E-state index contributed by atoms with van der Waals surface area (Å²) in [6.45, 7) is 3.31. The summed E-state index contributed by atoms with van der Waals surface area (Å²) in [5, 5.41) is 2.46. The summed E-state index contributed by atoms with van der Waals surface area (Å²) in [7, 11) is 0. The molecule has 0 unspecified atom stereocenters. The van der Waals surface area contributed by atoms with E-state index in [4.69, 9.17) is 4.74 Å². The van der Waals surface area contributed by atoms with Gasteiger partial charge in [0.25, 0.3) is 0 Å². The van der Waals surface area contributed by atoms with Gasteiger partial charge in [0.1, 0.15) is 11.4 Å². The topological polar surface area (TPSA) is 51.2 Å². The molecule has 0 spiro atoms. The molecule has 0 saturated heterocycles. The number of nitrogens with one attached hydrogen (secondary N) is 1. The summed E-state index contributed by atoms with van der Waals surface area (Å²) in [5.74, 6) is -0.318. The van der Waals surface area contributed by atoms with E-state index in [9.17, 15) is 18.0 Å². The molecule has 114 valence electrons. The normalized spacial score (nSPS) is 10.9. The molecule has 7 heteroatoms. The van der Waals surface area contributed by atoms with Gasteiger partial charge in [0.2, 0.25) is 5.91 Å².